The van der Waals surface area contributed by atoms with Gasteiger partial charge in [-0.15, -0.1) is 0 Å². The lowest BCUT2D eigenvalue weighted by atomic mass is 10.1. The van der Waals surface area contributed by atoms with Gasteiger partial charge in [-0.3, -0.25) is 0 Å². The highest BCUT2D eigenvalue weighted by atomic mass is 79.9. The number of hydrogen-bond acceptors (Lipinski definition) is 2. The highest BCUT2D eigenvalue weighted by molar-refractivity contribution is 9.10. The van der Waals surface area contributed by atoms with Crippen molar-refractivity contribution in [2.75, 3.05) is 18.0 Å². The van der Waals surface area contributed by atoms with Gasteiger partial charge in [-0.25, -0.2) is 0 Å². The second-order valence-corrected chi connectivity index (χ2v) is 5.99. The molecule has 1 heterocycles. The van der Waals surface area contributed by atoms with Crippen molar-refractivity contribution in [2.24, 2.45) is 0 Å². The van der Waals surface area contributed by atoms with Crippen molar-refractivity contribution in [2.45, 2.75) is 45.7 Å². The van der Waals surface area contributed by atoms with Crippen LogP contribution in [0.25, 0.3) is 0 Å². The maximum Gasteiger partial charge on any atom is 0.0380 e. The van der Waals surface area contributed by atoms with E-state index < -0.39 is 0 Å². The van der Waals surface area contributed by atoms with Crippen molar-refractivity contribution < 1.29 is 0 Å². The Morgan fingerprint density at radius 1 is 1.44 bits per heavy atom. The van der Waals surface area contributed by atoms with Gasteiger partial charge >= 0.3 is 0 Å². The molecule has 0 amide bonds. The van der Waals surface area contributed by atoms with Crippen LogP contribution in [-0.4, -0.2) is 19.1 Å². The molecule has 0 aromatic heterocycles. The van der Waals surface area contributed by atoms with Crippen molar-refractivity contribution in [3.63, 3.8) is 0 Å². The third kappa shape index (κ3) is 3.27. The zero-order valence-electron chi connectivity index (χ0n) is 11.4. The smallest absolute Gasteiger partial charge is 0.0380 e. The van der Waals surface area contributed by atoms with Crippen molar-refractivity contribution in [3.05, 3.63) is 28.2 Å². The van der Waals surface area contributed by atoms with E-state index in [4.69, 9.17) is 0 Å². The van der Waals surface area contributed by atoms with E-state index in [1.54, 1.807) is 0 Å². The molecule has 3 heteroatoms. The Morgan fingerprint density at radius 3 is 2.89 bits per heavy atom. The second-order valence-electron chi connectivity index (χ2n) is 5.14. The van der Waals surface area contributed by atoms with Gasteiger partial charge in [0.25, 0.3) is 0 Å². The quantitative estimate of drug-likeness (QED) is 0.829. The highest BCUT2D eigenvalue weighted by Crippen LogP contribution is 2.29. The van der Waals surface area contributed by atoms with Gasteiger partial charge in [0.15, 0.2) is 0 Å². The first kappa shape index (κ1) is 13.9. The summed E-state index contributed by atoms with van der Waals surface area (Å²) in [6.07, 6.45) is 3.82. The van der Waals surface area contributed by atoms with E-state index >= 15 is 0 Å². The molecule has 0 aliphatic carbocycles. The van der Waals surface area contributed by atoms with Crippen molar-refractivity contribution >= 4 is 21.6 Å². The summed E-state index contributed by atoms with van der Waals surface area (Å²) in [5, 5.41) is 3.45. The van der Waals surface area contributed by atoms with Gasteiger partial charge in [0.05, 0.1) is 0 Å². The van der Waals surface area contributed by atoms with Crippen LogP contribution in [0.1, 0.15) is 38.7 Å². The summed E-state index contributed by atoms with van der Waals surface area (Å²) < 4.78 is 1.22. The Bertz CT molecular complexity index is 392. The summed E-state index contributed by atoms with van der Waals surface area (Å²) in [5.74, 6) is 0. The number of hydrogen-bond donors (Lipinski definition) is 1. The molecule has 1 aromatic rings. The summed E-state index contributed by atoms with van der Waals surface area (Å²) in [7, 11) is 0. The van der Waals surface area contributed by atoms with Gasteiger partial charge in [0, 0.05) is 29.3 Å². The standard InChI is InChI=1S/C15H23BrN2/c1-3-8-17-11-13-6-7-14(10-15(13)16)18-9-4-5-12(18)2/h6-7,10,12,17H,3-5,8-9,11H2,1-2H3. The molecule has 0 saturated carbocycles. The van der Waals surface area contributed by atoms with Crippen LogP contribution in [0.15, 0.2) is 22.7 Å². The van der Waals surface area contributed by atoms with Crippen molar-refractivity contribution in [1.82, 2.24) is 5.32 Å². The third-order valence-electron chi connectivity index (χ3n) is 3.66. The molecule has 18 heavy (non-hydrogen) atoms. The minimum atomic E-state index is 0.681. The fourth-order valence-electron chi connectivity index (χ4n) is 2.57. The molecular weight excluding hydrogens is 288 g/mol. The topological polar surface area (TPSA) is 15.3 Å². The molecule has 100 valence electrons. The highest BCUT2D eigenvalue weighted by Gasteiger charge is 2.20. The molecule has 1 aliphatic rings. The van der Waals surface area contributed by atoms with Gasteiger partial charge in [-0.2, -0.15) is 0 Å². The molecular formula is C15H23BrN2. The average molecular weight is 311 g/mol. The van der Waals surface area contributed by atoms with Crippen LogP contribution in [0.2, 0.25) is 0 Å². The summed E-state index contributed by atoms with van der Waals surface area (Å²) in [4.78, 5) is 2.51. The van der Waals surface area contributed by atoms with Crippen LogP contribution in [0.3, 0.4) is 0 Å². The molecule has 1 aromatic carbocycles. The lowest BCUT2D eigenvalue weighted by Gasteiger charge is -2.24. The van der Waals surface area contributed by atoms with E-state index in [0.717, 1.165) is 13.1 Å². The maximum atomic E-state index is 3.70. The Kier molecular flexibility index (Phi) is 5.07. The van der Waals surface area contributed by atoms with Crippen molar-refractivity contribution in [1.29, 1.82) is 0 Å². The second kappa shape index (κ2) is 6.58. The first-order valence-corrected chi connectivity index (χ1v) is 7.77. The Labute approximate surface area is 119 Å². The predicted octanol–water partition coefficient (Wildman–Crippen LogP) is 3.94. The van der Waals surface area contributed by atoms with Gasteiger partial charge in [-0.1, -0.05) is 28.9 Å². The van der Waals surface area contributed by atoms with Crippen LogP contribution >= 0.6 is 15.9 Å². The Balaban J connectivity index is 2.04. The van der Waals surface area contributed by atoms with Crippen LogP contribution in [0, 0.1) is 0 Å². The molecule has 2 rings (SSSR count). The minimum absolute atomic E-state index is 0.681. The van der Waals surface area contributed by atoms with Crippen LogP contribution in [0.5, 0.6) is 0 Å². The normalized spacial score (nSPS) is 19.5. The zero-order valence-corrected chi connectivity index (χ0v) is 13.0. The number of anilines is 1. The molecule has 1 saturated heterocycles. The molecule has 0 spiro atoms. The predicted molar refractivity (Wildman–Crippen MR) is 82.2 cm³/mol. The van der Waals surface area contributed by atoms with Gasteiger partial charge in [-0.05, 0) is 50.4 Å². The number of nitrogens with one attached hydrogen (secondary N) is 1. The Hall–Kier alpha value is -0.540. The van der Waals surface area contributed by atoms with E-state index in [-0.39, 0.29) is 0 Å². The first-order valence-electron chi connectivity index (χ1n) is 6.98. The van der Waals surface area contributed by atoms with Gasteiger partial charge in [0.2, 0.25) is 0 Å². The zero-order chi connectivity index (χ0) is 13.0. The van der Waals surface area contributed by atoms with E-state index in [9.17, 15) is 0 Å². The van der Waals surface area contributed by atoms with Crippen LogP contribution in [0.4, 0.5) is 5.69 Å². The molecule has 1 unspecified atom stereocenters. The first-order chi connectivity index (χ1) is 8.72. The fourth-order valence-corrected chi connectivity index (χ4v) is 3.08. The minimum Gasteiger partial charge on any atom is -0.369 e. The SMILES string of the molecule is CCCNCc1ccc(N2CCCC2C)cc1Br. The lowest BCUT2D eigenvalue weighted by molar-refractivity contribution is 0.673. The molecule has 0 bridgehead atoms. The van der Waals surface area contributed by atoms with Crippen molar-refractivity contribution in [3.8, 4) is 0 Å². The number of benzene rings is 1. The summed E-state index contributed by atoms with van der Waals surface area (Å²) in [6, 6.07) is 7.45. The fraction of sp³-hybridized carbons (Fsp3) is 0.600. The molecule has 1 fully saturated rings. The maximum absolute atomic E-state index is 3.70. The largest absolute Gasteiger partial charge is 0.369 e. The number of rotatable bonds is 5. The average Bonchev–Trinajstić information content (AvgIpc) is 2.78. The molecule has 2 nitrogen and oxygen atoms in total. The van der Waals surface area contributed by atoms with Gasteiger partial charge in [0.1, 0.15) is 0 Å². The van der Waals surface area contributed by atoms with E-state index in [1.165, 1.54) is 41.5 Å². The monoisotopic (exact) mass is 310 g/mol. The van der Waals surface area contributed by atoms with E-state index in [1.807, 2.05) is 0 Å². The summed E-state index contributed by atoms with van der Waals surface area (Å²) in [6.45, 7) is 7.74. The number of halogens is 1. The van der Waals surface area contributed by atoms with E-state index in [2.05, 4.69) is 58.2 Å². The Morgan fingerprint density at radius 2 is 2.28 bits per heavy atom. The van der Waals surface area contributed by atoms with Crippen LogP contribution in [-0.2, 0) is 6.54 Å². The molecule has 0 radical (unpaired) electrons. The molecule has 1 atom stereocenters. The summed E-state index contributed by atoms with van der Waals surface area (Å²) >= 11 is 3.70. The molecule has 1 N–H and O–H groups in total. The molecule has 1 aliphatic heterocycles. The van der Waals surface area contributed by atoms with E-state index in [0.29, 0.717) is 6.04 Å². The summed E-state index contributed by atoms with van der Waals surface area (Å²) in [5.41, 5.74) is 2.70. The van der Waals surface area contributed by atoms with Gasteiger partial charge < -0.3 is 10.2 Å². The lowest BCUT2D eigenvalue weighted by Crippen LogP contribution is -2.26. The van der Waals surface area contributed by atoms with Crippen LogP contribution < -0.4 is 10.2 Å². The number of nitrogens with zero attached hydrogens (tertiary/aromatic N) is 1. The third-order valence-corrected chi connectivity index (χ3v) is 4.40.